The number of anilines is 1. The first-order valence-electron chi connectivity index (χ1n) is 5.04. The molecule has 1 aromatic heterocycles. The topological polar surface area (TPSA) is 16.1 Å². The third kappa shape index (κ3) is 2.25. The van der Waals surface area contributed by atoms with Crippen LogP contribution in [0.3, 0.4) is 0 Å². The first-order chi connectivity index (χ1) is 7.08. The minimum absolute atomic E-state index is 0.0767. The number of alkyl halides is 2. The maximum Gasteiger partial charge on any atom is 0.251 e. The van der Waals surface area contributed by atoms with Gasteiger partial charge in [0.2, 0.25) is 0 Å². The van der Waals surface area contributed by atoms with Crippen molar-refractivity contribution in [3.8, 4) is 0 Å². The fourth-order valence-corrected chi connectivity index (χ4v) is 1.80. The quantitative estimate of drug-likeness (QED) is 0.709. The van der Waals surface area contributed by atoms with Gasteiger partial charge in [0.15, 0.2) is 0 Å². The van der Waals surface area contributed by atoms with Gasteiger partial charge in [-0.3, -0.25) is 0 Å². The summed E-state index contributed by atoms with van der Waals surface area (Å²) in [5.74, 6) is -1.69. The van der Waals surface area contributed by atoms with Gasteiger partial charge in [0, 0.05) is 38.2 Å². The Balaban J connectivity index is 2.11. The number of hydrogen-bond donors (Lipinski definition) is 0. The first kappa shape index (κ1) is 10.3. The summed E-state index contributed by atoms with van der Waals surface area (Å²) >= 11 is 0. The van der Waals surface area contributed by atoms with Gasteiger partial charge in [-0.1, -0.05) is 0 Å². The number of pyridine rings is 1. The van der Waals surface area contributed by atoms with Crippen molar-refractivity contribution in [2.75, 3.05) is 18.0 Å². The number of piperidine rings is 1. The standard InChI is InChI=1S/C11H13F2N2/c1-9-3-2-6-14-10(9)15-7-4-11(12,13)5-8-15/h3,6H,4-5,7-8H2,1H3. The lowest BCUT2D eigenvalue weighted by molar-refractivity contribution is -0.0221. The largest absolute Gasteiger partial charge is 0.356 e. The van der Waals surface area contributed by atoms with Crippen molar-refractivity contribution in [1.29, 1.82) is 0 Å². The number of aromatic nitrogens is 1. The number of halogens is 2. The van der Waals surface area contributed by atoms with Crippen LogP contribution in [0, 0.1) is 13.0 Å². The van der Waals surface area contributed by atoms with Gasteiger partial charge in [-0.05, 0) is 18.6 Å². The zero-order chi connectivity index (χ0) is 10.9. The van der Waals surface area contributed by atoms with Crippen LogP contribution in [0.2, 0.25) is 0 Å². The van der Waals surface area contributed by atoms with Crippen LogP contribution in [0.4, 0.5) is 14.6 Å². The summed E-state index contributed by atoms with van der Waals surface area (Å²) in [6.07, 6.45) is 1.43. The van der Waals surface area contributed by atoms with Crippen LogP contribution in [0.1, 0.15) is 18.4 Å². The van der Waals surface area contributed by atoms with Crippen molar-refractivity contribution in [2.24, 2.45) is 0 Å². The molecule has 1 aromatic rings. The molecule has 0 spiro atoms. The Bertz CT molecular complexity index is 342. The number of hydrogen-bond acceptors (Lipinski definition) is 2. The molecule has 0 N–H and O–H groups in total. The average molecular weight is 211 g/mol. The molecule has 0 aromatic carbocycles. The Morgan fingerprint density at radius 1 is 1.40 bits per heavy atom. The third-order valence-corrected chi connectivity index (χ3v) is 2.71. The molecule has 81 valence electrons. The molecule has 0 atom stereocenters. The normalized spacial score (nSPS) is 20.3. The molecule has 1 aliphatic rings. The fourth-order valence-electron chi connectivity index (χ4n) is 1.80. The molecule has 2 nitrogen and oxygen atoms in total. The van der Waals surface area contributed by atoms with Crippen molar-refractivity contribution < 1.29 is 8.78 Å². The molecule has 0 saturated carbocycles. The SMILES string of the molecule is Cc1c[c]cnc1N1CCC(F)(F)CC1. The van der Waals surface area contributed by atoms with E-state index in [-0.39, 0.29) is 12.8 Å². The summed E-state index contributed by atoms with van der Waals surface area (Å²) in [4.78, 5) is 6.09. The molecule has 1 aliphatic heterocycles. The van der Waals surface area contributed by atoms with E-state index in [1.165, 1.54) is 0 Å². The average Bonchev–Trinajstić information content (AvgIpc) is 2.19. The molecule has 0 bridgehead atoms. The fraction of sp³-hybridized carbons (Fsp3) is 0.545. The molecule has 1 fully saturated rings. The molecule has 1 radical (unpaired) electrons. The second-order valence-corrected chi connectivity index (χ2v) is 3.92. The van der Waals surface area contributed by atoms with Gasteiger partial charge in [0.25, 0.3) is 5.92 Å². The van der Waals surface area contributed by atoms with Crippen LogP contribution >= 0.6 is 0 Å². The highest BCUT2D eigenvalue weighted by atomic mass is 19.3. The Labute approximate surface area is 87.9 Å². The van der Waals surface area contributed by atoms with Gasteiger partial charge >= 0.3 is 0 Å². The number of rotatable bonds is 1. The molecular formula is C11H13F2N2. The van der Waals surface area contributed by atoms with Gasteiger partial charge in [0.1, 0.15) is 5.82 Å². The molecule has 0 unspecified atom stereocenters. The predicted molar refractivity (Wildman–Crippen MR) is 54.2 cm³/mol. The lowest BCUT2D eigenvalue weighted by Crippen LogP contribution is -2.40. The predicted octanol–water partition coefficient (Wildman–Crippen LogP) is 2.43. The van der Waals surface area contributed by atoms with Crippen LogP contribution in [0.5, 0.6) is 0 Å². The Hall–Kier alpha value is -1.19. The summed E-state index contributed by atoms with van der Waals surface area (Å²) in [7, 11) is 0. The summed E-state index contributed by atoms with van der Waals surface area (Å²) < 4.78 is 25.9. The van der Waals surface area contributed by atoms with E-state index in [4.69, 9.17) is 0 Å². The molecule has 4 heteroatoms. The van der Waals surface area contributed by atoms with Crippen LogP contribution in [0.15, 0.2) is 12.3 Å². The monoisotopic (exact) mass is 211 g/mol. The second-order valence-electron chi connectivity index (χ2n) is 3.92. The summed E-state index contributed by atoms with van der Waals surface area (Å²) in [5, 5.41) is 0. The van der Waals surface area contributed by atoms with Gasteiger partial charge < -0.3 is 4.90 Å². The highest BCUT2D eigenvalue weighted by Crippen LogP contribution is 2.30. The number of aryl methyl sites for hydroxylation is 1. The van der Waals surface area contributed by atoms with E-state index >= 15 is 0 Å². The molecule has 0 aliphatic carbocycles. The lowest BCUT2D eigenvalue weighted by atomic mass is 10.1. The third-order valence-electron chi connectivity index (χ3n) is 2.71. The van der Waals surface area contributed by atoms with Crippen LogP contribution in [-0.4, -0.2) is 24.0 Å². The van der Waals surface area contributed by atoms with E-state index in [2.05, 4.69) is 11.1 Å². The van der Waals surface area contributed by atoms with Crippen molar-refractivity contribution in [2.45, 2.75) is 25.7 Å². The minimum atomic E-state index is -2.49. The smallest absolute Gasteiger partial charge is 0.251 e. The van der Waals surface area contributed by atoms with E-state index in [1.807, 2.05) is 17.9 Å². The summed E-state index contributed by atoms with van der Waals surface area (Å²) in [5.41, 5.74) is 0.989. The second kappa shape index (κ2) is 3.76. The lowest BCUT2D eigenvalue weighted by Gasteiger charge is -2.33. The minimum Gasteiger partial charge on any atom is -0.356 e. The van der Waals surface area contributed by atoms with E-state index in [0.29, 0.717) is 13.1 Å². The van der Waals surface area contributed by atoms with Crippen molar-refractivity contribution in [1.82, 2.24) is 4.98 Å². The first-order valence-corrected chi connectivity index (χ1v) is 5.04. The van der Waals surface area contributed by atoms with Crippen molar-refractivity contribution >= 4 is 5.82 Å². The molecular weight excluding hydrogens is 198 g/mol. The van der Waals surface area contributed by atoms with E-state index in [1.54, 1.807) is 6.20 Å². The van der Waals surface area contributed by atoms with Crippen LogP contribution in [-0.2, 0) is 0 Å². The highest BCUT2D eigenvalue weighted by Gasteiger charge is 2.34. The Morgan fingerprint density at radius 2 is 2.07 bits per heavy atom. The molecule has 2 heterocycles. The summed E-state index contributed by atoms with van der Waals surface area (Å²) in [6, 6.07) is 4.70. The maximum absolute atomic E-state index is 12.9. The van der Waals surface area contributed by atoms with Gasteiger partial charge in [0.05, 0.1) is 0 Å². The van der Waals surface area contributed by atoms with E-state index in [9.17, 15) is 8.78 Å². The molecule has 1 saturated heterocycles. The number of nitrogens with zero attached hydrogens (tertiary/aromatic N) is 2. The zero-order valence-electron chi connectivity index (χ0n) is 8.63. The van der Waals surface area contributed by atoms with Gasteiger partial charge in [-0.2, -0.15) is 0 Å². The highest BCUT2D eigenvalue weighted by molar-refractivity contribution is 5.45. The van der Waals surface area contributed by atoms with Gasteiger partial charge in [-0.15, -0.1) is 0 Å². The summed E-state index contributed by atoms with van der Waals surface area (Å²) in [6.45, 7) is 2.68. The van der Waals surface area contributed by atoms with Crippen LogP contribution < -0.4 is 4.90 Å². The molecule has 15 heavy (non-hydrogen) atoms. The van der Waals surface area contributed by atoms with Crippen molar-refractivity contribution in [3.63, 3.8) is 0 Å². The molecule has 0 amide bonds. The maximum atomic E-state index is 12.9. The zero-order valence-corrected chi connectivity index (χ0v) is 8.63. The van der Waals surface area contributed by atoms with E-state index < -0.39 is 5.92 Å². The van der Waals surface area contributed by atoms with E-state index in [0.717, 1.165) is 11.4 Å². The Kier molecular flexibility index (Phi) is 2.59. The Morgan fingerprint density at radius 3 is 2.67 bits per heavy atom. The van der Waals surface area contributed by atoms with Crippen LogP contribution in [0.25, 0.3) is 0 Å². The van der Waals surface area contributed by atoms with Crippen molar-refractivity contribution in [3.05, 3.63) is 23.9 Å². The molecule has 2 rings (SSSR count). The van der Waals surface area contributed by atoms with Gasteiger partial charge in [-0.25, -0.2) is 13.8 Å².